The number of hydrogen-bond donors (Lipinski definition) is 2. The van der Waals surface area contributed by atoms with E-state index < -0.39 is 18.2 Å². The Kier molecular flexibility index (Phi) is 12.0. The molecule has 3 saturated heterocycles. The van der Waals surface area contributed by atoms with Crippen molar-refractivity contribution >= 4 is 34.6 Å². The molecule has 11 heteroatoms. The number of carbonyl (C=O) groups is 3. The number of nitrogens with zero attached hydrogens (tertiary/aromatic N) is 4. The number of anilines is 1. The molecule has 2 N–H and O–H groups in total. The number of benzene rings is 5. The van der Waals surface area contributed by atoms with Gasteiger partial charge in [0.05, 0.1) is 0 Å². The molecule has 10 rings (SSSR count). The van der Waals surface area contributed by atoms with Crippen LogP contribution in [-0.4, -0.2) is 102 Å². The minimum absolute atomic E-state index is 0.141. The van der Waals surface area contributed by atoms with Gasteiger partial charge in [-0.3, -0.25) is 29.5 Å². The van der Waals surface area contributed by atoms with Crippen molar-refractivity contribution in [3.63, 3.8) is 0 Å². The molecule has 64 heavy (non-hydrogen) atoms. The molecule has 0 radical (unpaired) electrons. The Labute approximate surface area is 374 Å². The summed E-state index contributed by atoms with van der Waals surface area (Å²) in [7, 11) is 0. The van der Waals surface area contributed by atoms with Gasteiger partial charge in [-0.05, 0) is 114 Å². The summed E-state index contributed by atoms with van der Waals surface area (Å²) in [5, 5.41) is 13.5. The number of fused-ring (bicyclic) bond motifs is 2. The summed E-state index contributed by atoms with van der Waals surface area (Å²) in [6.45, 7) is 8.13. The van der Waals surface area contributed by atoms with Gasteiger partial charge >= 0.3 is 0 Å². The van der Waals surface area contributed by atoms with E-state index >= 15 is 0 Å². The number of rotatable bonds is 12. The molecule has 0 spiro atoms. The van der Waals surface area contributed by atoms with E-state index in [2.05, 4.69) is 105 Å². The average Bonchev–Trinajstić information content (AvgIpc) is 3.58. The second-order valence-corrected chi connectivity index (χ2v) is 17.6. The third kappa shape index (κ3) is 8.80. The van der Waals surface area contributed by atoms with E-state index in [1.165, 1.54) is 38.3 Å². The Morgan fingerprint density at radius 2 is 1.33 bits per heavy atom. The van der Waals surface area contributed by atoms with Crippen LogP contribution in [0, 0.1) is 0 Å². The van der Waals surface area contributed by atoms with Crippen molar-refractivity contribution in [1.82, 2.24) is 20.0 Å². The number of ether oxygens (including phenoxy) is 2. The van der Waals surface area contributed by atoms with Gasteiger partial charge in [-0.15, -0.1) is 0 Å². The first-order chi connectivity index (χ1) is 31.3. The fraction of sp³-hybridized carbons (Fsp3) is 0.340. The molecule has 2 unspecified atom stereocenters. The highest BCUT2D eigenvalue weighted by atomic mass is 16.5. The van der Waals surface area contributed by atoms with Crippen LogP contribution in [0.5, 0.6) is 11.5 Å². The molecule has 5 aliphatic rings. The molecule has 5 aromatic rings. The first-order valence-electron chi connectivity index (χ1n) is 22.9. The highest BCUT2D eigenvalue weighted by Crippen LogP contribution is 2.43. The van der Waals surface area contributed by atoms with Crippen LogP contribution < -0.4 is 19.7 Å². The summed E-state index contributed by atoms with van der Waals surface area (Å²) < 4.78 is 12.8. The summed E-state index contributed by atoms with van der Waals surface area (Å²) in [5.74, 6) is 0.548. The van der Waals surface area contributed by atoms with Crippen LogP contribution in [0.1, 0.15) is 82.1 Å². The van der Waals surface area contributed by atoms with Gasteiger partial charge < -0.3 is 24.4 Å². The third-order valence-electron chi connectivity index (χ3n) is 13.7. The molecule has 0 saturated carbocycles. The Hall–Kier alpha value is -6.27. The molecule has 2 atom stereocenters. The minimum Gasteiger partial charge on any atom is -0.490 e. The average molecular weight is 858 g/mol. The second kappa shape index (κ2) is 18.4. The monoisotopic (exact) mass is 857 g/mol. The van der Waals surface area contributed by atoms with Gasteiger partial charge in [0.15, 0.2) is 6.23 Å². The van der Waals surface area contributed by atoms with Crippen molar-refractivity contribution in [1.29, 1.82) is 0 Å². The molecule has 3 fully saturated rings. The molecule has 328 valence electrons. The molecule has 0 aromatic heterocycles. The first-order valence-corrected chi connectivity index (χ1v) is 22.9. The van der Waals surface area contributed by atoms with Crippen molar-refractivity contribution in [2.75, 3.05) is 57.3 Å². The number of hydrogen-bond acceptors (Lipinski definition) is 9. The van der Waals surface area contributed by atoms with Gasteiger partial charge in [0.2, 0.25) is 11.8 Å². The Morgan fingerprint density at radius 3 is 2.06 bits per heavy atom. The van der Waals surface area contributed by atoms with Crippen molar-refractivity contribution in [3.05, 3.63) is 160 Å². The van der Waals surface area contributed by atoms with Crippen molar-refractivity contribution < 1.29 is 29.0 Å². The number of likely N-dealkylation sites (tertiary alicyclic amines) is 1. The maximum Gasteiger partial charge on any atom is 0.257 e. The van der Waals surface area contributed by atoms with Gasteiger partial charge in [0.1, 0.15) is 30.3 Å². The quantitative estimate of drug-likeness (QED) is 0.127. The number of aliphatic hydroxyl groups excluding tert-OH is 1. The fourth-order valence-corrected chi connectivity index (χ4v) is 10.1. The highest BCUT2D eigenvalue weighted by molar-refractivity contribution is 6.06. The molecular formula is C53H55N5O6. The molecule has 4 heterocycles. The second-order valence-electron chi connectivity index (χ2n) is 17.6. The molecule has 3 amide bonds. The Bertz CT molecular complexity index is 2530. The number of imide groups is 1. The normalized spacial score (nSPS) is 20.9. The number of piperidine rings is 2. The van der Waals surface area contributed by atoms with Crippen LogP contribution in [0.2, 0.25) is 0 Å². The summed E-state index contributed by atoms with van der Waals surface area (Å²) >= 11 is 0. The van der Waals surface area contributed by atoms with Gasteiger partial charge in [-0.25, -0.2) is 0 Å². The molecule has 5 aromatic carbocycles. The van der Waals surface area contributed by atoms with Gasteiger partial charge in [0, 0.05) is 75.6 Å². The summed E-state index contributed by atoms with van der Waals surface area (Å²) in [4.78, 5) is 46.0. The van der Waals surface area contributed by atoms with E-state index in [-0.39, 0.29) is 30.8 Å². The van der Waals surface area contributed by atoms with E-state index in [0.717, 1.165) is 101 Å². The zero-order valence-corrected chi connectivity index (χ0v) is 36.2. The molecule has 0 bridgehead atoms. The molecule has 4 aliphatic heterocycles. The lowest BCUT2D eigenvalue weighted by atomic mass is 9.79. The number of aryl methyl sites for hydroxylation is 1. The van der Waals surface area contributed by atoms with E-state index in [4.69, 9.17) is 9.47 Å². The number of amides is 3. The van der Waals surface area contributed by atoms with Crippen LogP contribution in [-0.2, 0) is 22.6 Å². The number of aliphatic hydroxyl groups is 1. The van der Waals surface area contributed by atoms with E-state index in [1.54, 1.807) is 6.07 Å². The molecular weight excluding hydrogens is 803 g/mol. The number of nitrogens with one attached hydrogen (secondary N) is 1. The fourth-order valence-electron chi connectivity index (χ4n) is 10.1. The van der Waals surface area contributed by atoms with Crippen molar-refractivity contribution in [2.24, 2.45) is 0 Å². The SMILES string of the molecule is O=C1CCC(N2C(=O)c3ccc(N4CCN(CCN5CCC(Oc6ccc(C7=C(c8ccccc8)CCc8cc(OCc9ccccc9)ccc87)cc6)CC5)CC4)cc3C2O)C(=O)N1. The van der Waals surface area contributed by atoms with Crippen molar-refractivity contribution in [2.45, 2.75) is 63.5 Å². The minimum atomic E-state index is -1.22. The van der Waals surface area contributed by atoms with Gasteiger partial charge in [-0.2, -0.15) is 0 Å². The topological polar surface area (TPSA) is 115 Å². The maximum atomic E-state index is 13.2. The Morgan fingerprint density at radius 1 is 0.641 bits per heavy atom. The lowest BCUT2D eigenvalue weighted by molar-refractivity contribution is -0.139. The standard InChI is InChI=1S/C53H55N5O6/c59-49-22-21-48(51(60)54-49)58-52(61)46-19-14-40(34-47(46)53(58)62)57-31-29-56(30-32-57)28-27-55-25-23-42(24-26-55)64-41-15-11-38(12-16-41)50-44(37-9-5-2-6-10-37)18-13-39-33-43(17-20-45(39)50)63-35-36-7-3-1-4-8-36/h1-12,14-17,19-20,33-34,42,48,53,62H,13,18,21-32,35H2,(H,54,59,60). The summed E-state index contributed by atoms with van der Waals surface area (Å²) in [6, 6.07) is 41.1. The number of carbonyl (C=O) groups excluding carboxylic acids is 3. The van der Waals surface area contributed by atoms with E-state index in [0.29, 0.717) is 17.7 Å². The highest BCUT2D eigenvalue weighted by Gasteiger charge is 2.44. The largest absolute Gasteiger partial charge is 0.490 e. The van der Waals surface area contributed by atoms with Crippen LogP contribution in [0.15, 0.2) is 121 Å². The van der Waals surface area contributed by atoms with E-state index in [1.807, 2.05) is 30.3 Å². The van der Waals surface area contributed by atoms with Gasteiger partial charge in [0.25, 0.3) is 5.91 Å². The van der Waals surface area contributed by atoms with Crippen LogP contribution >= 0.6 is 0 Å². The third-order valence-corrected chi connectivity index (χ3v) is 13.7. The lowest BCUT2D eigenvalue weighted by Gasteiger charge is -2.38. The molecule has 11 nitrogen and oxygen atoms in total. The predicted molar refractivity (Wildman–Crippen MR) is 247 cm³/mol. The Balaban J connectivity index is 0.707. The summed E-state index contributed by atoms with van der Waals surface area (Å²) in [6.07, 6.45) is 3.23. The smallest absolute Gasteiger partial charge is 0.257 e. The molecule has 1 aliphatic carbocycles. The number of piperazine rings is 1. The zero-order chi connectivity index (χ0) is 43.6. The maximum absolute atomic E-state index is 13.2. The zero-order valence-electron chi connectivity index (χ0n) is 36.2. The van der Waals surface area contributed by atoms with Crippen LogP contribution in [0.3, 0.4) is 0 Å². The number of allylic oxidation sites excluding steroid dienone is 1. The lowest BCUT2D eigenvalue weighted by Crippen LogP contribution is -2.53. The van der Waals surface area contributed by atoms with E-state index in [9.17, 15) is 19.5 Å². The van der Waals surface area contributed by atoms with Crippen LogP contribution in [0.25, 0.3) is 11.1 Å². The predicted octanol–water partition coefficient (Wildman–Crippen LogP) is 7.09. The van der Waals surface area contributed by atoms with Gasteiger partial charge in [-0.1, -0.05) is 78.9 Å². The van der Waals surface area contributed by atoms with Crippen molar-refractivity contribution in [3.8, 4) is 11.5 Å². The first kappa shape index (κ1) is 41.7. The summed E-state index contributed by atoms with van der Waals surface area (Å²) in [5.41, 5.74) is 10.7. The van der Waals surface area contributed by atoms with Crippen LogP contribution in [0.4, 0.5) is 5.69 Å².